The van der Waals surface area contributed by atoms with E-state index in [2.05, 4.69) is 24.3 Å². The second-order valence-electron chi connectivity index (χ2n) is 6.63. The Morgan fingerprint density at radius 1 is 1.32 bits per heavy atom. The number of nitrogens with zero attached hydrogens (tertiary/aromatic N) is 2. The number of hydrogen-bond donors (Lipinski definition) is 2. The van der Waals surface area contributed by atoms with E-state index in [1.54, 1.807) is 0 Å². The van der Waals surface area contributed by atoms with Gasteiger partial charge in [0.1, 0.15) is 4.83 Å². The minimum Gasteiger partial charge on any atom is -0.387 e. The van der Waals surface area contributed by atoms with Gasteiger partial charge in [0, 0.05) is 18.5 Å². The first-order chi connectivity index (χ1) is 12.0. The SMILES string of the molecule is Cc1nn(CC(C)C)c2sc(C(=O)NC[C@H](O)c3ccccc3)cc12. The number of rotatable bonds is 6. The van der Waals surface area contributed by atoms with E-state index in [9.17, 15) is 9.90 Å². The maximum absolute atomic E-state index is 12.5. The van der Waals surface area contributed by atoms with Gasteiger partial charge < -0.3 is 10.4 Å². The van der Waals surface area contributed by atoms with Crippen LogP contribution >= 0.6 is 11.3 Å². The second kappa shape index (κ2) is 7.37. The average molecular weight is 357 g/mol. The molecule has 1 amide bonds. The van der Waals surface area contributed by atoms with Crippen molar-refractivity contribution < 1.29 is 9.90 Å². The maximum atomic E-state index is 12.5. The summed E-state index contributed by atoms with van der Waals surface area (Å²) in [5, 5.41) is 18.6. The van der Waals surface area contributed by atoms with Crippen LogP contribution in [0.5, 0.6) is 0 Å². The first kappa shape index (κ1) is 17.6. The zero-order valence-corrected chi connectivity index (χ0v) is 15.5. The number of hydrogen-bond acceptors (Lipinski definition) is 4. The van der Waals surface area contributed by atoms with E-state index in [1.807, 2.05) is 48.0 Å². The number of carbonyl (C=O) groups is 1. The van der Waals surface area contributed by atoms with Gasteiger partial charge in [-0.2, -0.15) is 5.10 Å². The number of benzene rings is 1. The summed E-state index contributed by atoms with van der Waals surface area (Å²) in [7, 11) is 0. The van der Waals surface area contributed by atoms with Crippen LogP contribution in [0, 0.1) is 12.8 Å². The fourth-order valence-corrected chi connectivity index (χ4v) is 3.85. The van der Waals surface area contributed by atoms with E-state index < -0.39 is 6.10 Å². The number of aliphatic hydroxyl groups excluding tert-OH is 1. The van der Waals surface area contributed by atoms with Crippen LogP contribution in [0.4, 0.5) is 0 Å². The molecule has 0 unspecified atom stereocenters. The molecule has 1 atom stereocenters. The van der Waals surface area contributed by atoms with Crippen LogP contribution in [0.3, 0.4) is 0 Å². The lowest BCUT2D eigenvalue weighted by molar-refractivity contribution is 0.0920. The summed E-state index contributed by atoms with van der Waals surface area (Å²) in [5.74, 6) is 0.328. The Morgan fingerprint density at radius 3 is 2.72 bits per heavy atom. The van der Waals surface area contributed by atoms with E-state index in [0.717, 1.165) is 28.0 Å². The van der Waals surface area contributed by atoms with E-state index in [-0.39, 0.29) is 12.5 Å². The molecule has 0 radical (unpaired) electrons. The molecule has 0 fully saturated rings. The number of thiophene rings is 1. The third-order valence-electron chi connectivity index (χ3n) is 4.01. The fourth-order valence-electron chi connectivity index (χ4n) is 2.76. The van der Waals surface area contributed by atoms with Crippen LogP contribution in [0.2, 0.25) is 0 Å². The molecule has 2 heterocycles. The molecule has 6 heteroatoms. The van der Waals surface area contributed by atoms with Gasteiger partial charge in [0.2, 0.25) is 0 Å². The molecule has 0 spiro atoms. The Balaban J connectivity index is 1.72. The van der Waals surface area contributed by atoms with Crippen molar-refractivity contribution in [1.82, 2.24) is 15.1 Å². The Kier molecular flexibility index (Phi) is 5.20. The molecule has 132 valence electrons. The molecule has 0 aliphatic rings. The number of aromatic nitrogens is 2. The summed E-state index contributed by atoms with van der Waals surface area (Å²) < 4.78 is 1.98. The lowest BCUT2D eigenvalue weighted by Crippen LogP contribution is -2.27. The van der Waals surface area contributed by atoms with Gasteiger partial charge in [-0.05, 0) is 24.5 Å². The number of aliphatic hydroxyl groups is 1. The largest absolute Gasteiger partial charge is 0.387 e. The molecule has 1 aromatic carbocycles. The topological polar surface area (TPSA) is 67.2 Å². The molecule has 2 N–H and O–H groups in total. The van der Waals surface area contributed by atoms with Crippen molar-refractivity contribution in [3.63, 3.8) is 0 Å². The summed E-state index contributed by atoms with van der Waals surface area (Å²) in [5.41, 5.74) is 1.73. The number of amides is 1. The molecular weight excluding hydrogens is 334 g/mol. The predicted octanol–water partition coefficient (Wildman–Crippen LogP) is 3.53. The van der Waals surface area contributed by atoms with Crippen LogP contribution in [-0.2, 0) is 6.54 Å². The number of aryl methyl sites for hydroxylation is 1. The minimum absolute atomic E-state index is 0.160. The van der Waals surface area contributed by atoms with Gasteiger partial charge in [0.25, 0.3) is 5.91 Å². The van der Waals surface area contributed by atoms with E-state index in [1.165, 1.54) is 11.3 Å². The molecule has 2 aromatic heterocycles. The molecular formula is C19H23N3O2S. The van der Waals surface area contributed by atoms with Crippen molar-refractivity contribution in [2.75, 3.05) is 6.54 Å². The summed E-state index contributed by atoms with van der Waals surface area (Å²) in [6, 6.07) is 11.2. The van der Waals surface area contributed by atoms with Crippen molar-refractivity contribution >= 4 is 27.5 Å². The molecule has 0 aliphatic carbocycles. The van der Waals surface area contributed by atoms with Crippen molar-refractivity contribution in [3.05, 3.63) is 52.5 Å². The Hall–Kier alpha value is -2.18. The van der Waals surface area contributed by atoms with E-state index in [4.69, 9.17) is 0 Å². The molecule has 5 nitrogen and oxygen atoms in total. The monoisotopic (exact) mass is 357 g/mol. The minimum atomic E-state index is -0.710. The summed E-state index contributed by atoms with van der Waals surface area (Å²) in [4.78, 5) is 14.1. The smallest absolute Gasteiger partial charge is 0.261 e. The van der Waals surface area contributed by atoms with Gasteiger partial charge in [-0.1, -0.05) is 44.2 Å². The Labute approximate surface area is 151 Å². The van der Waals surface area contributed by atoms with Crippen LogP contribution in [-0.4, -0.2) is 27.3 Å². The zero-order chi connectivity index (χ0) is 18.0. The Morgan fingerprint density at radius 2 is 2.04 bits per heavy atom. The standard InChI is InChI=1S/C19H23N3O2S/c1-12(2)11-22-19-15(13(3)21-22)9-17(25-19)18(24)20-10-16(23)14-7-5-4-6-8-14/h4-9,12,16,23H,10-11H2,1-3H3,(H,20,24)/t16-/m0/s1. The van der Waals surface area contributed by atoms with Crippen LogP contribution < -0.4 is 5.32 Å². The highest BCUT2D eigenvalue weighted by Crippen LogP contribution is 2.29. The first-order valence-corrected chi connectivity index (χ1v) is 9.25. The van der Waals surface area contributed by atoms with Crippen LogP contribution in [0.15, 0.2) is 36.4 Å². The highest BCUT2D eigenvalue weighted by atomic mass is 32.1. The highest BCUT2D eigenvalue weighted by Gasteiger charge is 2.17. The molecule has 0 bridgehead atoms. The first-order valence-electron chi connectivity index (χ1n) is 8.44. The fraction of sp³-hybridized carbons (Fsp3) is 0.368. The van der Waals surface area contributed by atoms with Gasteiger partial charge in [-0.15, -0.1) is 11.3 Å². The zero-order valence-electron chi connectivity index (χ0n) is 14.7. The van der Waals surface area contributed by atoms with Gasteiger partial charge in [-0.25, -0.2) is 0 Å². The quantitative estimate of drug-likeness (QED) is 0.709. The van der Waals surface area contributed by atoms with Crippen LogP contribution in [0.25, 0.3) is 10.2 Å². The van der Waals surface area contributed by atoms with Crippen molar-refractivity contribution in [2.24, 2.45) is 5.92 Å². The molecule has 0 saturated carbocycles. The molecule has 3 aromatic rings. The van der Waals surface area contributed by atoms with Crippen molar-refractivity contribution in [3.8, 4) is 0 Å². The molecule has 0 saturated heterocycles. The van der Waals surface area contributed by atoms with Gasteiger partial charge in [0.15, 0.2) is 0 Å². The third-order valence-corrected chi connectivity index (χ3v) is 5.16. The van der Waals surface area contributed by atoms with Crippen molar-refractivity contribution in [1.29, 1.82) is 0 Å². The Bertz CT molecular complexity index is 868. The maximum Gasteiger partial charge on any atom is 0.261 e. The third kappa shape index (κ3) is 3.91. The van der Waals surface area contributed by atoms with Crippen LogP contribution in [0.1, 0.15) is 40.9 Å². The molecule has 3 rings (SSSR count). The number of fused-ring (bicyclic) bond motifs is 1. The molecule has 25 heavy (non-hydrogen) atoms. The number of nitrogens with one attached hydrogen (secondary N) is 1. The highest BCUT2D eigenvalue weighted by molar-refractivity contribution is 7.20. The summed E-state index contributed by atoms with van der Waals surface area (Å²) in [6.07, 6.45) is -0.710. The van der Waals surface area contributed by atoms with E-state index >= 15 is 0 Å². The predicted molar refractivity (Wildman–Crippen MR) is 101 cm³/mol. The average Bonchev–Trinajstić information content (AvgIpc) is 3.15. The van der Waals surface area contributed by atoms with Gasteiger partial charge >= 0.3 is 0 Å². The van der Waals surface area contributed by atoms with Gasteiger partial charge in [0.05, 0.1) is 16.7 Å². The summed E-state index contributed by atoms with van der Waals surface area (Å²) >= 11 is 1.45. The second-order valence-corrected chi connectivity index (χ2v) is 7.66. The van der Waals surface area contributed by atoms with Gasteiger partial charge in [-0.3, -0.25) is 9.48 Å². The van der Waals surface area contributed by atoms with E-state index in [0.29, 0.717) is 10.8 Å². The molecule has 0 aliphatic heterocycles. The van der Waals surface area contributed by atoms with Crippen molar-refractivity contribution in [2.45, 2.75) is 33.4 Å². The number of carbonyl (C=O) groups excluding carboxylic acids is 1. The lowest BCUT2D eigenvalue weighted by atomic mass is 10.1. The lowest BCUT2D eigenvalue weighted by Gasteiger charge is -2.11. The normalized spacial score (nSPS) is 12.7. The summed E-state index contributed by atoms with van der Waals surface area (Å²) in [6.45, 7) is 7.28.